The van der Waals surface area contributed by atoms with Gasteiger partial charge in [0, 0.05) is 12.3 Å². The summed E-state index contributed by atoms with van der Waals surface area (Å²) in [4.78, 5) is 12.4. The van der Waals surface area contributed by atoms with Gasteiger partial charge < -0.3 is 4.74 Å². The third-order valence-electron chi connectivity index (χ3n) is 3.73. The van der Waals surface area contributed by atoms with Crippen LogP contribution in [0.5, 0.6) is 0 Å². The fourth-order valence-electron chi connectivity index (χ4n) is 3.04. The zero-order chi connectivity index (χ0) is 14.3. The van der Waals surface area contributed by atoms with E-state index in [2.05, 4.69) is 0 Å². The van der Waals surface area contributed by atoms with Gasteiger partial charge in [-0.2, -0.15) is 0 Å². The van der Waals surface area contributed by atoms with Crippen molar-refractivity contribution in [3.63, 3.8) is 0 Å². The zero-order valence-corrected chi connectivity index (χ0v) is 12.0. The highest BCUT2D eigenvalue weighted by Gasteiger charge is 2.48. The monoisotopic (exact) mass is 264 g/mol. The third-order valence-corrected chi connectivity index (χ3v) is 3.73. The van der Waals surface area contributed by atoms with Gasteiger partial charge in [-0.3, -0.25) is 4.79 Å². The van der Waals surface area contributed by atoms with Crippen molar-refractivity contribution in [2.75, 3.05) is 0 Å². The molecule has 0 aliphatic carbocycles. The van der Waals surface area contributed by atoms with Gasteiger partial charge in [-0.15, -0.1) is 0 Å². The molecule has 0 bridgehead atoms. The quantitative estimate of drug-likeness (QED) is 0.834. The topological polar surface area (TPSA) is 26.3 Å². The molecule has 0 saturated carbocycles. The molecule has 1 unspecified atom stereocenters. The lowest BCUT2D eigenvalue weighted by atomic mass is 9.82. The van der Waals surface area contributed by atoms with Crippen molar-refractivity contribution >= 4 is 5.78 Å². The average molecular weight is 264 g/mol. The van der Waals surface area contributed by atoms with Gasteiger partial charge in [0.25, 0.3) is 0 Å². The molecule has 104 valence electrons. The summed E-state index contributed by atoms with van der Waals surface area (Å²) in [6.07, 6.45) is 0.986. The smallest absolute Gasteiger partial charge is 0.143 e. The molecule has 19 heavy (non-hydrogen) atoms. The third kappa shape index (κ3) is 3.21. The van der Waals surface area contributed by atoms with E-state index in [1.54, 1.807) is 12.1 Å². The lowest BCUT2D eigenvalue weighted by Gasteiger charge is -2.26. The molecule has 1 saturated heterocycles. The first-order chi connectivity index (χ1) is 8.70. The molecule has 1 aliphatic heterocycles. The van der Waals surface area contributed by atoms with E-state index in [1.807, 2.05) is 27.7 Å². The predicted octanol–water partition coefficient (Wildman–Crippen LogP) is 3.53. The van der Waals surface area contributed by atoms with Crippen LogP contribution in [0.4, 0.5) is 4.39 Å². The van der Waals surface area contributed by atoms with E-state index in [9.17, 15) is 9.18 Å². The van der Waals surface area contributed by atoms with Gasteiger partial charge in [-0.1, -0.05) is 12.1 Å². The molecule has 2 nitrogen and oxygen atoms in total. The number of carbonyl (C=O) groups excluding carboxylic acids is 1. The normalized spacial score (nSPS) is 24.4. The van der Waals surface area contributed by atoms with Gasteiger partial charge >= 0.3 is 0 Å². The van der Waals surface area contributed by atoms with E-state index < -0.39 is 5.60 Å². The Morgan fingerprint density at radius 1 is 1.37 bits per heavy atom. The lowest BCUT2D eigenvalue weighted by molar-refractivity contribution is -0.128. The van der Waals surface area contributed by atoms with Crippen molar-refractivity contribution in [1.82, 2.24) is 0 Å². The minimum atomic E-state index is -0.450. The number of hydrogen-bond acceptors (Lipinski definition) is 2. The van der Waals surface area contributed by atoms with E-state index in [4.69, 9.17) is 4.74 Å². The van der Waals surface area contributed by atoms with Crippen LogP contribution in [0, 0.1) is 11.7 Å². The fraction of sp³-hybridized carbons (Fsp3) is 0.562. The summed E-state index contributed by atoms with van der Waals surface area (Å²) in [5.41, 5.74) is 0.00477. The lowest BCUT2D eigenvalue weighted by Crippen LogP contribution is -2.34. The first kappa shape index (κ1) is 14.2. The maximum Gasteiger partial charge on any atom is 0.143 e. The van der Waals surface area contributed by atoms with Gasteiger partial charge in [0.2, 0.25) is 0 Å². The maximum atomic E-state index is 13.1. The number of carbonyl (C=O) groups is 1. The second-order valence-electron chi connectivity index (χ2n) is 6.49. The summed E-state index contributed by atoms with van der Waals surface area (Å²) in [5, 5.41) is 0. The summed E-state index contributed by atoms with van der Waals surface area (Å²) in [7, 11) is 0. The van der Waals surface area contributed by atoms with Gasteiger partial charge in [0.1, 0.15) is 11.6 Å². The minimum absolute atomic E-state index is 0.126. The molecule has 0 radical (unpaired) electrons. The molecule has 0 amide bonds. The van der Waals surface area contributed by atoms with Crippen LogP contribution in [0.25, 0.3) is 0 Å². The van der Waals surface area contributed by atoms with Crippen molar-refractivity contribution in [1.29, 1.82) is 0 Å². The number of ketones is 1. The number of ether oxygens (including phenoxy) is 1. The Morgan fingerprint density at radius 2 is 2.05 bits per heavy atom. The van der Waals surface area contributed by atoms with Crippen LogP contribution in [0.1, 0.15) is 39.7 Å². The molecule has 1 atom stereocenters. The van der Waals surface area contributed by atoms with Crippen molar-refractivity contribution in [3.8, 4) is 0 Å². The minimum Gasteiger partial charge on any atom is -0.369 e. The molecule has 1 aromatic rings. The summed E-state index contributed by atoms with van der Waals surface area (Å²) in [6, 6.07) is 6.23. The molecule has 0 N–H and O–H groups in total. The first-order valence-corrected chi connectivity index (χ1v) is 6.67. The van der Waals surface area contributed by atoms with Gasteiger partial charge in [0.15, 0.2) is 0 Å². The molecule has 1 heterocycles. The molecule has 0 aromatic heterocycles. The molecular formula is C16H21FO2. The number of Topliss-reactive ketones (excluding diaryl/α,β-unsaturated/α-hetero) is 1. The summed E-state index contributed by atoms with van der Waals surface area (Å²) < 4.78 is 19.1. The molecule has 3 heteroatoms. The van der Waals surface area contributed by atoms with Crippen molar-refractivity contribution < 1.29 is 13.9 Å². The Morgan fingerprint density at radius 3 is 2.58 bits per heavy atom. The zero-order valence-electron chi connectivity index (χ0n) is 12.0. The number of halogens is 1. The maximum absolute atomic E-state index is 13.1. The van der Waals surface area contributed by atoms with Crippen LogP contribution in [-0.2, 0) is 16.0 Å². The van der Waals surface area contributed by atoms with E-state index in [-0.39, 0.29) is 29.5 Å². The second-order valence-corrected chi connectivity index (χ2v) is 6.49. The van der Waals surface area contributed by atoms with Crippen LogP contribution in [0.15, 0.2) is 24.3 Å². The first-order valence-electron chi connectivity index (χ1n) is 6.67. The summed E-state index contributed by atoms with van der Waals surface area (Å²) in [6.45, 7) is 7.92. The molecular weight excluding hydrogens is 243 g/mol. The Bertz CT molecular complexity index is 491. The molecule has 1 aliphatic rings. The Kier molecular flexibility index (Phi) is 3.52. The van der Waals surface area contributed by atoms with Crippen molar-refractivity contribution in [2.24, 2.45) is 5.92 Å². The largest absolute Gasteiger partial charge is 0.369 e. The van der Waals surface area contributed by atoms with Crippen LogP contribution in [0.2, 0.25) is 0 Å². The highest BCUT2D eigenvalue weighted by atomic mass is 19.1. The van der Waals surface area contributed by atoms with E-state index in [1.165, 1.54) is 12.1 Å². The fourth-order valence-corrected chi connectivity index (χ4v) is 3.04. The highest BCUT2D eigenvalue weighted by Crippen LogP contribution is 2.42. The van der Waals surface area contributed by atoms with Crippen LogP contribution in [-0.4, -0.2) is 17.0 Å². The standard InChI is InChI=1S/C16H21FO2/c1-15(2)10-13(16(3,4)19-15)14(18)9-11-6-5-7-12(17)8-11/h5-8,13H,9-10H2,1-4H3. The van der Waals surface area contributed by atoms with Crippen LogP contribution in [0.3, 0.4) is 0 Å². The van der Waals surface area contributed by atoms with Gasteiger partial charge in [-0.05, 0) is 51.8 Å². The predicted molar refractivity (Wildman–Crippen MR) is 72.5 cm³/mol. The van der Waals surface area contributed by atoms with E-state index >= 15 is 0 Å². The van der Waals surface area contributed by atoms with Crippen LogP contribution < -0.4 is 0 Å². The average Bonchev–Trinajstić information content (AvgIpc) is 2.46. The molecule has 2 rings (SSSR count). The van der Waals surface area contributed by atoms with Gasteiger partial charge in [0.05, 0.1) is 11.2 Å². The second kappa shape index (κ2) is 4.71. The Labute approximate surface area is 114 Å². The van der Waals surface area contributed by atoms with Crippen LogP contribution >= 0.6 is 0 Å². The summed E-state index contributed by atoms with van der Waals surface area (Å²) >= 11 is 0. The van der Waals surface area contributed by atoms with Crippen molar-refractivity contribution in [2.45, 2.75) is 51.7 Å². The number of hydrogen-bond donors (Lipinski definition) is 0. The number of benzene rings is 1. The Hall–Kier alpha value is -1.22. The van der Waals surface area contributed by atoms with Crippen molar-refractivity contribution in [3.05, 3.63) is 35.6 Å². The van der Waals surface area contributed by atoms with Gasteiger partial charge in [-0.25, -0.2) is 4.39 Å². The van der Waals surface area contributed by atoms with E-state index in [0.29, 0.717) is 6.42 Å². The van der Waals surface area contributed by atoms with E-state index in [0.717, 1.165) is 5.56 Å². The molecule has 1 aromatic carbocycles. The highest BCUT2D eigenvalue weighted by molar-refractivity contribution is 5.84. The molecule has 0 spiro atoms. The number of rotatable bonds is 3. The molecule has 1 fully saturated rings. The summed E-state index contributed by atoms with van der Waals surface area (Å²) in [5.74, 6) is -0.306. The SMILES string of the molecule is CC1(C)CC(C(=O)Cc2cccc(F)c2)C(C)(C)O1. The Balaban J connectivity index is 2.12.